The third-order valence-electron chi connectivity index (χ3n) is 6.31. The predicted octanol–water partition coefficient (Wildman–Crippen LogP) is 3.21. The summed E-state index contributed by atoms with van der Waals surface area (Å²) in [6.07, 6.45) is 11.6. The summed E-state index contributed by atoms with van der Waals surface area (Å²) in [6, 6.07) is 0. The van der Waals surface area contributed by atoms with Crippen molar-refractivity contribution in [1.29, 1.82) is 0 Å². The van der Waals surface area contributed by atoms with Crippen LogP contribution in [0.5, 0.6) is 0 Å². The van der Waals surface area contributed by atoms with Crippen LogP contribution >= 0.6 is 0 Å². The van der Waals surface area contributed by atoms with Crippen molar-refractivity contribution in [3.05, 3.63) is 0 Å². The molecule has 0 unspecified atom stereocenters. The Hall–Kier alpha value is -1.06. The van der Waals surface area contributed by atoms with Crippen molar-refractivity contribution in [1.82, 2.24) is 9.80 Å². The minimum atomic E-state index is 0.0398. The molecule has 3 aliphatic rings. The lowest BCUT2D eigenvalue weighted by Gasteiger charge is -2.46. The van der Waals surface area contributed by atoms with E-state index in [1.54, 1.807) is 0 Å². The molecule has 1 atom stereocenters. The summed E-state index contributed by atoms with van der Waals surface area (Å²) in [5, 5.41) is 0. The maximum Gasteiger partial charge on any atom is 0.227 e. The van der Waals surface area contributed by atoms with E-state index >= 15 is 0 Å². The van der Waals surface area contributed by atoms with Gasteiger partial charge in [0.25, 0.3) is 0 Å². The number of rotatable bonds is 2. The molecule has 2 heterocycles. The summed E-state index contributed by atoms with van der Waals surface area (Å²) < 4.78 is 0. The molecule has 0 aromatic carbocycles. The average Bonchev–Trinajstić information content (AvgIpc) is 2.61. The lowest BCUT2D eigenvalue weighted by molar-refractivity contribution is -0.144. The number of carbonyl (C=O) groups excluding carboxylic acids is 2. The fourth-order valence-electron chi connectivity index (χ4n) is 4.99. The highest BCUT2D eigenvalue weighted by Crippen LogP contribution is 2.43. The second-order valence-corrected chi connectivity index (χ2v) is 7.96. The summed E-state index contributed by atoms with van der Waals surface area (Å²) in [6.45, 7) is 5.30. The van der Waals surface area contributed by atoms with Gasteiger partial charge < -0.3 is 9.80 Å². The van der Waals surface area contributed by atoms with Gasteiger partial charge in [0.05, 0.1) is 5.92 Å². The molecule has 1 aliphatic carbocycles. The molecule has 4 nitrogen and oxygen atoms in total. The van der Waals surface area contributed by atoms with Crippen LogP contribution in [0.15, 0.2) is 0 Å². The lowest BCUT2D eigenvalue weighted by atomic mass is 9.69. The summed E-state index contributed by atoms with van der Waals surface area (Å²) in [5.74, 6) is 0.561. The fourth-order valence-corrected chi connectivity index (χ4v) is 4.99. The Labute approximate surface area is 140 Å². The number of hydrogen-bond acceptors (Lipinski definition) is 2. The summed E-state index contributed by atoms with van der Waals surface area (Å²) in [5.41, 5.74) is 0.416. The van der Waals surface area contributed by atoms with Gasteiger partial charge in [-0.15, -0.1) is 0 Å². The molecule has 2 aliphatic heterocycles. The predicted molar refractivity (Wildman–Crippen MR) is 90.9 cm³/mol. The maximum absolute atomic E-state index is 13.0. The van der Waals surface area contributed by atoms with Gasteiger partial charge in [-0.3, -0.25) is 9.59 Å². The zero-order valence-electron chi connectivity index (χ0n) is 14.7. The number of piperidine rings is 2. The fraction of sp³-hybridized carbons (Fsp3) is 0.895. The SMILES string of the molecule is CCC(=O)N1CCC[C@@H](C(=O)N2CCCC3(CCCCC3)C2)C1. The van der Waals surface area contributed by atoms with E-state index in [0.29, 0.717) is 24.3 Å². The average molecular weight is 320 g/mol. The Bertz CT molecular complexity index is 437. The van der Waals surface area contributed by atoms with E-state index in [4.69, 9.17) is 0 Å². The van der Waals surface area contributed by atoms with E-state index < -0.39 is 0 Å². The van der Waals surface area contributed by atoms with Gasteiger partial charge in [0.15, 0.2) is 0 Å². The molecular weight excluding hydrogens is 288 g/mol. The smallest absolute Gasteiger partial charge is 0.227 e. The first-order chi connectivity index (χ1) is 11.1. The molecule has 0 aromatic rings. The molecule has 4 heteroatoms. The largest absolute Gasteiger partial charge is 0.342 e. The van der Waals surface area contributed by atoms with Crippen LogP contribution in [0, 0.1) is 11.3 Å². The number of nitrogens with zero attached hydrogens (tertiary/aromatic N) is 2. The Kier molecular flexibility index (Phi) is 5.27. The van der Waals surface area contributed by atoms with Gasteiger partial charge in [0, 0.05) is 32.6 Å². The molecule has 0 aromatic heterocycles. The molecule has 2 amide bonds. The van der Waals surface area contributed by atoms with Crippen LogP contribution in [0.3, 0.4) is 0 Å². The molecule has 3 fully saturated rings. The zero-order chi connectivity index (χ0) is 16.3. The number of amides is 2. The highest BCUT2D eigenvalue weighted by molar-refractivity contribution is 5.81. The van der Waals surface area contributed by atoms with Gasteiger partial charge in [0.1, 0.15) is 0 Å². The van der Waals surface area contributed by atoms with E-state index in [0.717, 1.165) is 38.9 Å². The third kappa shape index (κ3) is 3.72. The second-order valence-electron chi connectivity index (χ2n) is 7.96. The van der Waals surface area contributed by atoms with Crippen LogP contribution in [0.25, 0.3) is 0 Å². The number of hydrogen-bond donors (Lipinski definition) is 0. The Morgan fingerprint density at radius 2 is 1.65 bits per heavy atom. The molecule has 2 saturated heterocycles. The standard InChI is InChI=1S/C19H32N2O2/c1-2-17(22)20-12-6-8-16(14-20)18(23)21-13-7-11-19(15-21)9-4-3-5-10-19/h16H,2-15H2,1H3/t16-/m1/s1. The quantitative estimate of drug-likeness (QED) is 0.784. The first-order valence-corrected chi connectivity index (χ1v) is 9.70. The van der Waals surface area contributed by atoms with Gasteiger partial charge in [0.2, 0.25) is 11.8 Å². The van der Waals surface area contributed by atoms with E-state index in [1.165, 1.54) is 38.5 Å². The van der Waals surface area contributed by atoms with Gasteiger partial charge >= 0.3 is 0 Å². The molecule has 0 N–H and O–H groups in total. The summed E-state index contributed by atoms with van der Waals surface area (Å²) in [4.78, 5) is 29.0. The van der Waals surface area contributed by atoms with Crippen molar-refractivity contribution < 1.29 is 9.59 Å². The molecular formula is C19H32N2O2. The van der Waals surface area contributed by atoms with Gasteiger partial charge in [-0.25, -0.2) is 0 Å². The first-order valence-electron chi connectivity index (χ1n) is 9.70. The minimum Gasteiger partial charge on any atom is -0.342 e. The van der Waals surface area contributed by atoms with Crippen molar-refractivity contribution in [2.75, 3.05) is 26.2 Å². The molecule has 23 heavy (non-hydrogen) atoms. The number of carbonyl (C=O) groups is 2. The van der Waals surface area contributed by atoms with Crippen LogP contribution < -0.4 is 0 Å². The molecule has 130 valence electrons. The molecule has 0 radical (unpaired) electrons. The monoisotopic (exact) mass is 320 g/mol. The maximum atomic E-state index is 13.0. The van der Waals surface area contributed by atoms with Gasteiger partial charge in [-0.05, 0) is 43.9 Å². The minimum absolute atomic E-state index is 0.0398. The molecule has 1 spiro atoms. The van der Waals surface area contributed by atoms with Gasteiger partial charge in [-0.1, -0.05) is 26.2 Å². The van der Waals surface area contributed by atoms with Crippen LogP contribution in [0.2, 0.25) is 0 Å². The number of likely N-dealkylation sites (tertiary alicyclic amines) is 2. The summed E-state index contributed by atoms with van der Waals surface area (Å²) >= 11 is 0. The third-order valence-corrected chi connectivity index (χ3v) is 6.31. The first kappa shape index (κ1) is 16.8. The Morgan fingerprint density at radius 3 is 2.39 bits per heavy atom. The van der Waals surface area contributed by atoms with Crippen LogP contribution in [0.1, 0.15) is 71.1 Å². The van der Waals surface area contributed by atoms with Crippen molar-refractivity contribution >= 4 is 11.8 Å². The molecule has 3 rings (SSSR count). The van der Waals surface area contributed by atoms with Crippen molar-refractivity contribution in [2.24, 2.45) is 11.3 Å². The van der Waals surface area contributed by atoms with Crippen molar-refractivity contribution in [2.45, 2.75) is 71.1 Å². The lowest BCUT2D eigenvalue weighted by Crippen LogP contribution is -2.52. The van der Waals surface area contributed by atoms with Gasteiger partial charge in [-0.2, -0.15) is 0 Å². The van der Waals surface area contributed by atoms with E-state index in [-0.39, 0.29) is 11.8 Å². The zero-order valence-corrected chi connectivity index (χ0v) is 14.7. The normalized spacial score (nSPS) is 28.0. The van der Waals surface area contributed by atoms with Crippen molar-refractivity contribution in [3.8, 4) is 0 Å². The second kappa shape index (κ2) is 7.23. The summed E-state index contributed by atoms with van der Waals surface area (Å²) in [7, 11) is 0. The van der Waals surface area contributed by atoms with E-state index in [2.05, 4.69) is 4.90 Å². The van der Waals surface area contributed by atoms with E-state index in [9.17, 15) is 9.59 Å². The highest BCUT2D eigenvalue weighted by Gasteiger charge is 2.40. The highest BCUT2D eigenvalue weighted by atomic mass is 16.2. The Balaban J connectivity index is 1.61. The van der Waals surface area contributed by atoms with Crippen LogP contribution in [-0.4, -0.2) is 47.8 Å². The molecule has 1 saturated carbocycles. The van der Waals surface area contributed by atoms with Crippen LogP contribution in [0.4, 0.5) is 0 Å². The van der Waals surface area contributed by atoms with E-state index in [1.807, 2.05) is 11.8 Å². The van der Waals surface area contributed by atoms with Crippen molar-refractivity contribution in [3.63, 3.8) is 0 Å². The topological polar surface area (TPSA) is 40.6 Å². The van der Waals surface area contributed by atoms with Crippen LogP contribution in [-0.2, 0) is 9.59 Å². The Morgan fingerprint density at radius 1 is 0.957 bits per heavy atom. The molecule has 0 bridgehead atoms.